The van der Waals surface area contributed by atoms with Gasteiger partial charge in [0.15, 0.2) is 0 Å². The number of pyridine rings is 1. The van der Waals surface area contributed by atoms with E-state index in [-0.39, 0.29) is 23.9 Å². The Morgan fingerprint density at radius 1 is 0.935 bits per heavy atom. The van der Waals surface area contributed by atoms with Crippen LogP contribution in [-0.2, 0) is 4.79 Å². The number of hydrogen-bond donors (Lipinski definition) is 0. The minimum atomic E-state index is -0.390. The van der Waals surface area contributed by atoms with Gasteiger partial charge in [-0.15, -0.1) is 0 Å². The van der Waals surface area contributed by atoms with Crippen molar-refractivity contribution in [3.63, 3.8) is 0 Å². The second-order valence-electron chi connectivity index (χ2n) is 7.47. The summed E-state index contributed by atoms with van der Waals surface area (Å²) in [4.78, 5) is 26.4. The molecule has 0 amide bonds. The summed E-state index contributed by atoms with van der Waals surface area (Å²) in [6, 6.07) is 24.6. The van der Waals surface area contributed by atoms with E-state index in [1.807, 2.05) is 85.8 Å². The molecule has 0 N–H and O–H groups in total. The van der Waals surface area contributed by atoms with Crippen molar-refractivity contribution in [3.8, 4) is 17.2 Å². The maximum atomic E-state index is 13.8. The maximum absolute atomic E-state index is 13.8. The summed E-state index contributed by atoms with van der Waals surface area (Å²) >= 11 is 0. The highest BCUT2D eigenvalue weighted by Crippen LogP contribution is 2.41. The number of carbonyl (C=O) groups excluding carboxylic acids is 1. The van der Waals surface area contributed by atoms with E-state index >= 15 is 0 Å². The zero-order chi connectivity index (χ0) is 21.4. The summed E-state index contributed by atoms with van der Waals surface area (Å²) in [5.74, 6) is 0.389. The quantitative estimate of drug-likeness (QED) is 0.451. The van der Waals surface area contributed by atoms with Crippen molar-refractivity contribution in [2.45, 2.75) is 19.3 Å². The Kier molecular flexibility index (Phi) is 4.79. The molecule has 1 unspecified atom stereocenters. The standard InChI is InChI=1S/C26H21NO4/c1-2-30-19-14-12-17(13-15-19)21-16-23(28)31-25-20-10-6-7-11-22(20)27(26(29)24(21)25)18-8-4-3-5-9-18/h3-15,21H,2,16H2,1H3. The first-order valence-corrected chi connectivity index (χ1v) is 10.3. The Bertz CT molecular complexity index is 1320. The molecule has 1 aliphatic heterocycles. The van der Waals surface area contributed by atoms with E-state index in [2.05, 4.69) is 0 Å². The number of hydrogen-bond acceptors (Lipinski definition) is 4. The molecule has 0 fully saturated rings. The van der Waals surface area contributed by atoms with Crippen molar-refractivity contribution < 1.29 is 14.3 Å². The molecule has 0 radical (unpaired) electrons. The molecular formula is C26H21NO4. The van der Waals surface area contributed by atoms with E-state index in [1.54, 1.807) is 4.57 Å². The normalized spacial score (nSPS) is 15.4. The summed E-state index contributed by atoms with van der Waals surface area (Å²) in [7, 11) is 0. The lowest BCUT2D eigenvalue weighted by Crippen LogP contribution is -2.32. The zero-order valence-electron chi connectivity index (χ0n) is 17.1. The monoisotopic (exact) mass is 411 g/mol. The van der Waals surface area contributed by atoms with Gasteiger partial charge in [-0.2, -0.15) is 0 Å². The highest BCUT2D eigenvalue weighted by Gasteiger charge is 2.34. The third-order valence-corrected chi connectivity index (χ3v) is 5.61. The van der Waals surface area contributed by atoms with E-state index < -0.39 is 0 Å². The van der Waals surface area contributed by atoms with Gasteiger partial charge in [-0.05, 0) is 48.9 Å². The molecule has 0 aliphatic carbocycles. The van der Waals surface area contributed by atoms with Crippen LogP contribution in [0.2, 0.25) is 0 Å². The average Bonchev–Trinajstić information content (AvgIpc) is 2.80. The molecule has 1 atom stereocenters. The van der Waals surface area contributed by atoms with Gasteiger partial charge in [-0.1, -0.05) is 42.5 Å². The van der Waals surface area contributed by atoms with Crippen LogP contribution in [0.3, 0.4) is 0 Å². The van der Waals surface area contributed by atoms with Crippen LogP contribution in [0.1, 0.15) is 30.4 Å². The van der Waals surface area contributed by atoms with Gasteiger partial charge in [0, 0.05) is 17.0 Å². The number of benzene rings is 3. The molecule has 2 heterocycles. The highest BCUT2D eigenvalue weighted by molar-refractivity contribution is 5.92. The second kappa shape index (κ2) is 7.76. The molecule has 0 saturated heterocycles. The molecule has 3 aromatic carbocycles. The van der Waals surface area contributed by atoms with Gasteiger partial charge < -0.3 is 9.47 Å². The average molecular weight is 411 g/mol. The van der Waals surface area contributed by atoms with Gasteiger partial charge in [0.05, 0.1) is 24.1 Å². The smallest absolute Gasteiger partial charge is 0.312 e. The van der Waals surface area contributed by atoms with Crippen molar-refractivity contribution in [1.29, 1.82) is 0 Å². The molecule has 1 aromatic heterocycles. The Balaban J connectivity index is 1.78. The van der Waals surface area contributed by atoms with Crippen molar-refractivity contribution in [1.82, 2.24) is 4.57 Å². The number of ether oxygens (including phenoxy) is 2. The Morgan fingerprint density at radius 3 is 2.39 bits per heavy atom. The summed E-state index contributed by atoms with van der Waals surface area (Å²) < 4.78 is 12.9. The largest absolute Gasteiger partial charge is 0.494 e. The molecule has 0 spiro atoms. The number of fused-ring (bicyclic) bond motifs is 3. The van der Waals surface area contributed by atoms with E-state index in [9.17, 15) is 9.59 Å². The number of esters is 1. The number of aromatic nitrogens is 1. The topological polar surface area (TPSA) is 57.5 Å². The first kappa shape index (κ1) is 19.1. The Labute approximate surface area is 179 Å². The van der Waals surface area contributed by atoms with E-state index in [4.69, 9.17) is 9.47 Å². The number of para-hydroxylation sites is 2. The van der Waals surface area contributed by atoms with E-state index in [0.717, 1.165) is 22.4 Å². The van der Waals surface area contributed by atoms with Crippen LogP contribution in [0.5, 0.6) is 11.5 Å². The number of nitrogens with zero attached hydrogens (tertiary/aromatic N) is 1. The lowest BCUT2D eigenvalue weighted by Gasteiger charge is -2.27. The summed E-state index contributed by atoms with van der Waals surface area (Å²) in [6.07, 6.45) is 0.114. The first-order chi connectivity index (χ1) is 15.2. The molecule has 31 heavy (non-hydrogen) atoms. The van der Waals surface area contributed by atoms with Crippen LogP contribution < -0.4 is 15.0 Å². The lowest BCUT2D eigenvalue weighted by molar-refractivity contribution is -0.135. The highest BCUT2D eigenvalue weighted by atomic mass is 16.5. The molecular weight excluding hydrogens is 390 g/mol. The molecule has 4 aromatic rings. The first-order valence-electron chi connectivity index (χ1n) is 10.3. The van der Waals surface area contributed by atoms with Crippen LogP contribution in [0, 0.1) is 0 Å². The zero-order valence-corrected chi connectivity index (χ0v) is 17.1. The second-order valence-corrected chi connectivity index (χ2v) is 7.47. The minimum absolute atomic E-state index is 0.114. The lowest BCUT2D eigenvalue weighted by atomic mass is 9.86. The van der Waals surface area contributed by atoms with Gasteiger partial charge in [0.2, 0.25) is 0 Å². The molecule has 5 heteroatoms. The SMILES string of the molecule is CCOc1ccc(C2CC(=O)Oc3c2c(=O)n(-c2ccccc2)c2ccccc32)cc1. The van der Waals surface area contributed by atoms with Crippen LogP contribution in [0.4, 0.5) is 0 Å². The van der Waals surface area contributed by atoms with Crippen molar-refractivity contribution in [3.05, 3.63) is 100 Å². The molecule has 5 nitrogen and oxygen atoms in total. The fourth-order valence-electron chi connectivity index (χ4n) is 4.26. The van der Waals surface area contributed by atoms with Crippen LogP contribution in [0.25, 0.3) is 16.6 Å². The fraction of sp³-hybridized carbons (Fsp3) is 0.154. The maximum Gasteiger partial charge on any atom is 0.312 e. The molecule has 0 bridgehead atoms. The van der Waals surface area contributed by atoms with Crippen molar-refractivity contribution in [2.24, 2.45) is 0 Å². The van der Waals surface area contributed by atoms with Gasteiger partial charge >= 0.3 is 5.97 Å². The summed E-state index contributed by atoms with van der Waals surface area (Å²) in [5, 5.41) is 0.741. The van der Waals surface area contributed by atoms with E-state index in [1.165, 1.54) is 0 Å². The third kappa shape index (κ3) is 3.28. The van der Waals surface area contributed by atoms with Crippen molar-refractivity contribution in [2.75, 3.05) is 6.61 Å². The van der Waals surface area contributed by atoms with E-state index in [0.29, 0.717) is 23.4 Å². The predicted molar refractivity (Wildman–Crippen MR) is 119 cm³/mol. The predicted octanol–water partition coefficient (Wildman–Crippen LogP) is 4.83. The van der Waals surface area contributed by atoms with Gasteiger partial charge in [0.1, 0.15) is 11.5 Å². The fourth-order valence-corrected chi connectivity index (χ4v) is 4.26. The molecule has 0 saturated carbocycles. The van der Waals surface area contributed by atoms with Crippen LogP contribution in [-0.4, -0.2) is 17.1 Å². The number of rotatable bonds is 4. The van der Waals surface area contributed by atoms with Crippen molar-refractivity contribution >= 4 is 16.9 Å². The molecule has 1 aliphatic rings. The summed E-state index contributed by atoms with van der Waals surface area (Å²) in [6.45, 7) is 2.50. The molecule has 5 rings (SSSR count). The molecule has 154 valence electrons. The van der Waals surface area contributed by atoms with Crippen LogP contribution >= 0.6 is 0 Å². The number of carbonyl (C=O) groups is 1. The summed E-state index contributed by atoms with van der Waals surface area (Å²) in [5.41, 5.74) is 2.69. The third-order valence-electron chi connectivity index (χ3n) is 5.61. The Hall–Kier alpha value is -3.86. The van der Waals surface area contributed by atoms with Gasteiger partial charge in [-0.25, -0.2) is 0 Å². The van der Waals surface area contributed by atoms with Gasteiger partial charge in [0.25, 0.3) is 5.56 Å². The Morgan fingerprint density at radius 2 is 1.65 bits per heavy atom. The van der Waals surface area contributed by atoms with Crippen LogP contribution in [0.15, 0.2) is 83.7 Å². The minimum Gasteiger partial charge on any atom is -0.494 e. The van der Waals surface area contributed by atoms with Gasteiger partial charge in [-0.3, -0.25) is 14.2 Å².